The summed E-state index contributed by atoms with van der Waals surface area (Å²) >= 11 is 1.47. The molecule has 0 aliphatic heterocycles. The second-order valence-corrected chi connectivity index (χ2v) is 3.93. The molecule has 0 spiro atoms. The van der Waals surface area contributed by atoms with Gasteiger partial charge in [-0.05, 0) is 12.1 Å². The lowest BCUT2D eigenvalue weighted by molar-refractivity contribution is -0.120. The highest BCUT2D eigenvalue weighted by Crippen LogP contribution is 2.28. The SMILES string of the molecule is COCC(=O)CSc1ccccc1OC. The van der Waals surface area contributed by atoms with Crippen LogP contribution in [0.5, 0.6) is 5.75 Å². The summed E-state index contributed by atoms with van der Waals surface area (Å²) in [4.78, 5) is 12.2. The first-order chi connectivity index (χ1) is 7.27. The number of hydrogen-bond donors (Lipinski definition) is 0. The molecule has 82 valence electrons. The smallest absolute Gasteiger partial charge is 0.168 e. The van der Waals surface area contributed by atoms with E-state index in [1.165, 1.54) is 18.9 Å². The van der Waals surface area contributed by atoms with Crippen molar-refractivity contribution in [2.45, 2.75) is 4.90 Å². The molecular weight excluding hydrogens is 212 g/mol. The van der Waals surface area contributed by atoms with Crippen LogP contribution in [-0.4, -0.2) is 32.4 Å². The Morgan fingerprint density at radius 3 is 2.73 bits per heavy atom. The standard InChI is InChI=1S/C11H14O3S/c1-13-7-9(12)8-15-11-6-4-3-5-10(11)14-2/h3-6H,7-8H2,1-2H3. The molecule has 4 heteroatoms. The van der Waals surface area contributed by atoms with Gasteiger partial charge in [-0.25, -0.2) is 0 Å². The predicted molar refractivity (Wildman–Crippen MR) is 60.6 cm³/mol. The monoisotopic (exact) mass is 226 g/mol. The lowest BCUT2D eigenvalue weighted by Crippen LogP contribution is -2.08. The summed E-state index contributed by atoms with van der Waals surface area (Å²) in [7, 11) is 3.14. The molecule has 0 aromatic heterocycles. The molecule has 1 rings (SSSR count). The molecular formula is C11H14O3S. The zero-order chi connectivity index (χ0) is 11.1. The third-order valence-corrected chi connectivity index (χ3v) is 2.88. The summed E-state index contributed by atoms with van der Waals surface area (Å²) in [5.74, 6) is 1.29. The van der Waals surface area contributed by atoms with E-state index in [-0.39, 0.29) is 12.4 Å². The first kappa shape index (κ1) is 12.1. The normalized spacial score (nSPS) is 10.0. The van der Waals surface area contributed by atoms with Gasteiger partial charge in [-0.3, -0.25) is 4.79 Å². The van der Waals surface area contributed by atoms with E-state index in [0.29, 0.717) is 5.75 Å². The van der Waals surface area contributed by atoms with Gasteiger partial charge in [0.2, 0.25) is 0 Å². The maximum Gasteiger partial charge on any atom is 0.168 e. The van der Waals surface area contributed by atoms with Crippen LogP contribution < -0.4 is 4.74 Å². The molecule has 0 bridgehead atoms. The summed E-state index contributed by atoms with van der Waals surface area (Å²) in [6.07, 6.45) is 0. The fourth-order valence-electron chi connectivity index (χ4n) is 1.10. The molecule has 0 unspecified atom stereocenters. The van der Waals surface area contributed by atoms with Crippen LogP contribution in [0.1, 0.15) is 0 Å². The van der Waals surface area contributed by atoms with E-state index in [2.05, 4.69) is 0 Å². The lowest BCUT2D eigenvalue weighted by atomic mass is 10.3. The quantitative estimate of drug-likeness (QED) is 0.695. The molecule has 0 aliphatic rings. The second-order valence-electron chi connectivity index (χ2n) is 2.91. The number of Topliss-reactive ketones (excluding diaryl/α,β-unsaturated/α-hetero) is 1. The van der Waals surface area contributed by atoms with Gasteiger partial charge in [0, 0.05) is 12.0 Å². The molecule has 0 saturated carbocycles. The predicted octanol–water partition coefficient (Wildman–Crippen LogP) is 2.00. The van der Waals surface area contributed by atoms with Crippen LogP contribution in [0, 0.1) is 0 Å². The van der Waals surface area contributed by atoms with Crippen LogP contribution in [0.15, 0.2) is 29.2 Å². The van der Waals surface area contributed by atoms with Crippen LogP contribution in [0.4, 0.5) is 0 Å². The Morgan fingerprint density at radius 1 is 1.33 bits per heavy atom. The van der Waals surface area contributed by atoms with E-state index < -0.39 is 0 Å². The van der Waals surface area contributed by atoms with E-state index in [4.69, 9.17) is 9.47 Å². The number of ketones is 1. The van der Waals surface area contributed by atoms with Gasteiger partial charge in [0.15, 0.2) is 5.78 Å². The van der Waals surface area contributed by atoms with Crippen LogP contribution in [0.25, 0.3) is 0 Å². The van der Waals surface area contributed by atoms with Gasteiger partial charge >= 0.3 is 0 Å². The van der Waals surface area contributed by atoms with Crippen LogP contribution in [-0.2, 0) is 9.53 Å². The van der Waals surface area contributed by atoms with Gasteiger partial charge in [0.25, 0.3) is 0 Å². The molecule has 0 amide bonds. The molecule has 1 aromatic rings. The van der Waals surface area contributed by atoms with Crippen molar-refractivity contribution in [3.63, 3.8) is 0 Å². The van der Waals surface area contributed by atoms with Gasteiger partial charge in [-0.2, -0.15) is 0 Å². The third-order valence-electron chi connectivity index (χ3n) is 1.76. The van der Waals surface area contributed by atoms with Crippen molar-refractivity contribution >= 4 is 17.5 Å². The molecule has 15 heavy (non-hydrogen) atoms. The fourth-order valence-corrected chi connectivity index (χ4v) is 1.97. The zero-order valence-electron chi connectivity index (χ0n) is 8.86. The number of rotatable bonds is 6. The van der Waals surface area contributed by atoms with Crippen LogP contribution in [0.2, 0.25) is 0 Å². The van der Waals surface area contributed by atoms with E-state index in [9.17, 15) is 4.79 Å². The largest absolute Gasteiger partial charge is 0.496 e. The minimum Gasteiger partial charge on any atom is -0.496 e. The Hall–Kier alpha value is -1.00. The Labute approximate surface area is 93.8 Å². The minimum atomic E-state index is 0.0772. The first-order valence-corrected chi connectivity index (χ1v) is 5.53. The van der Waals surface area contributed by atoms with Crippen molar-refractivity contribution in [3.8, 4) is 5.75 Å². The van der Waals surface area contributed by atoms with Crippen LogP contribution in [0.3, 0.4) is 0 Å². The van der Waals surface area contributed by atoms with Gasteiger partial charge in [-0.1, -0.05) is 12.1 Å². The van der Waals surface area contributed by atoms with Gasteiger partial charge in [0.05, 0.1) is 12.9 Å². The van der Waals surface area contributed by atoms with Crippen molar-refractivity contribution in [3.05, 3.63) is 24.3 Å². The molecule has 3 nitrogen and oxygen atoms in total. The molecule has 0 heterocycles. The highest BCUT2D eigenvalue weighted by atomic mass is 32.2. The van der Waals surface area contributed by atoms with E-state index in [1.807, 2.05) is 24.3 Å². The van der Waals surface area contributed by atoms with Gasteiger partial charge in [0.1, 0.15) is 12.4 Å². The molecule has 0 fully saturated rings. The van der Waals surface area contributed by atoms with Crippen LogP contribution >= 0.6 is 11.8 Å². The number of para-hydroxylation sites is 1. The summed E-state index contributed by atoms with van der Waals surface area (Å²) < 4.78 is 9.93. The first-order valence-electron chi connectivity index (χ1n) is 4.54. The summed E-state index contributed by atoms with van der Waals surface area (Å²) in [6, 6.07) is 7.64. The fraction of sp³-hybridized carbons (Fsp3) is 0.364. The third kappa shape index (κ3) is 3.93. The van der Waals surface area contributed by atoms with Crippen molar-refractivity contribution < 1.29 is 14.3 Å². The molecule has 0 aliphatic carbocycles. The minimum absolute atomic E-state index is 0.0772. The van der Waals surface area contributed by atoms with E-state index in [0.717, 1.165) is 10.6 Å². The molecule has 0 atom stereocenters. The molecule has 0 saturated heterocycles. The maximum atomic E-state index is 11.2. The highest BCUT2D eigenvalue weighted by Gasteiger charge is 2.06. The average Bonchev–Trinajstić information content (AvgIpc) is 2.27. The Morgan fingerprint density at radius 2 is 2.07 bits per heavy atom. The summed E-state index contributed by atoms with van der Waals surface area (Å²) in [6.45, 7) is 0.169. The average molecular weight is 226 g/mol. The summed E-state index contributed by atoms with van der Waals surface area (Å²) in [5.41, 5.74) is 0. The van der Waals surface area contributed by atoms with Crippen molar-refractivity contribution in [1.82, 2.24) is 0 Å². The molecule has 1 aromatic carbocycles. The Balaban J connectivity index is 2.53. The number of thioether (sulfide) groups is 1. The number of benzene rings is 1. The Kier molecular flexibility index (Phi) is 5.21. The molecule has 0 radical (unpaired) electrons. The number of hydrogen-bond acceptors (Lipinski definition) is 4. The maximum absolute atomic E-state index is 11.2. The number of carbonyl (C=O) groups is 1. The zero-order valence-corrected chi connectivity index (χ0v) is 9.67. The van der Waals surface area contributed by atoms with Crippen molar-refractivity contribution in [2.75, 3.05) is 26.6 Å². The number of carbonyl (C=O) groups excluding carboxylic acids is 1. The molecule has 0 N–H and O–H groups in total. The van der Waals surface area contributed by atoms with E-state index in [1.54, 1.807) is 7.11 Å². The second kappa shape index (κ2) is 6.48. The Bertz CT molecular complexity index is 325. The highest BCUT2D eigenvalue weighted by molar-refractivity contribution is 8.00. The number of ether oxygens (including phenoxy) is 2. The van der Waals surface area contributed by atoms with Crippen molar-refractivity contribution in [2.24, 2.45) is 0 Å². The van der Waals surface area contributed by atoms with Crippen molar-refractivity contribution in [1.29, 1.82) is 0 Å². The summed E-state index contributed by atoms with van der Waals surface area (Å²) in [5, 5.41) is 0. The number of methoxy groups -OCH3 is 2. The van der Waals surface area contributed by atoms with Gasteiger partial charge < -0.3 is 9.47 Å². The lowest BCUT2D eigenvalue weighted by Gasteiger charge is -2.06. The topological polar surface area (TPSA) is 35.5 Å². The van der Waals surface area contributed by atoms with Gasteiger partial charge in [-0.15, -0.1) is 11.8 Å². The van der Waals surface area contributed by atoms with E-state index >= 15 is 0 Å².